The Kier molecular flexibility index (Phi) is 45.1. The normalized spacial score (nSPS) is 18.6. The molecule has 16 heteroatoms. The van der Waals surface area contributed by atoms with Crippen molar-refractivity contribution in [2.24, 2.45) is 5.73 Å². The molecule has 1 saturated heterocycles. The minimum Gasteiger partial charge on any atom is -0.395 e. The first-order valence-electron chi connectivity index (χ1n) is 55.5. The third-order valence-electron chi connectivity index (χ3n) is 34.5. The molecule has 0 atom stereocenters. The van der Waals surface area contributed by atoms with E-state index >= 15 is 0 Å². The fourth-order valence-electron chi connectivity index (χ4n) is 23.0. The zero-order valence-electron chi connectivity index (χ0n) is 90.5. The molecule has 0 spiro atoms. The van der Waals surface area contributed by atoms with Crippen molar-refractivity contribution in [3.05, 3.63) is 283 Å². The van der Waals surface area contributed by atoms with E-state index in [9.17, 15) is 19.2 Å². The van der Waals surface area contributed by atoms with Gasteiger partial charge in [-0.2, -0.15) is 0 Å². The Bertz CT molecular complexity index is 4920. The number of aliphatic hydroxyl groups excluding tert-OH is 1. The number of primary amides is 1. The fourth-order valence-corrected chi connectivity index (χ4v) is 23.0. The van der Waals surface area contributed by atoms with E-state index in [0.717, 1.165) is 70.9 Å². The number of nitrogens with zero attached hydrogens (tertiary/aromatic N) is 2. The number of likely N-dealkylation sites (N-methyl/N-ethyl adjacent to an activating group) is 2. The highest BCUT2D eigenvalue weighted by Gasteiger charge is 2.45. The van der Waals surface area contributed by atoms with Crippen LogP contribution in [-0.4, -0.2) is 170 Å². The second kappa shape index (κ2) is 56.3. The summed E-state index contributed by atoms with van der Waals surface area (Å²) in [5, 5.41) is 34.2. The number of benzene rings is 8. The van der Waals surface area contributed by atoms with E-state index in [-0.39, 0.29) is 42.2 Å². The van der Waals surface area contributed by atoms with Crippen LogP contribution in [0.1, 0.15) is 334 Å². The summed E-state index contributed by atoms with van der Waals surface area (Å²) in [4.78, 5) is 49.2. The van der Waals surface area contributed by atoms with Gasteiger partial charge in [-0.3, -0.25) is 19.2 Å². The highest BCUT2D eigenvalue weighted by molar-refractivity contribution is 5.78. The largest absolute Gasteiger partial charge is 0.395 e. The maximum absolute atomic E-state index is 11.5. The van der Waals surface area contributed by atoms with E-state index in [1.165, 1.54) is 291 Å². The number of nitrogens with one attached hydrogen (secondary N) is 8. The minimum atomic E-state index is -0.284. The zero-order valence-corrected chi connectivity index (χ0v) is 90.5. The molecule has 10 aliphatic rings. The van der Waals surface area contributed by atoms with Crippen LogP contribution < -0.4 is 48.3 Å². The third-order valence-corrected chi connectivity index (χ3v) is 34.5. The van der Waals surface area contributed by atoms with Crippen LogP contribution in [0, 0.1) is 55.4 Å². The van der Waals surface area contributed by atoms with Crippen molar-refractivity contribution in [2.75, 3.05) is 120 Å². The first-order chi connectivity index (χ1) is 68.4. The van der Waals surface area contributed by atoms with Crippen molar-refractivity contribution in [3.63, 3.8) is 0 Å². The number of aryl methyl sites for hydroxylation is 8. The van der Waals surface area contributed by atoms with Crippen LogP contribution in [0.15, 0.2) is 194 Å². The Morgan fingerprint density at radius 3 is 0.831 bits per heavy atom. The number of rotatable bonds is 41. The van der Waals surface area contributed by atoms with Gasteiger partial charge in [-0.05, 0) is 370 Å². The molecule has 10 fully saturated rings. The van der Waals surface area contributed by atoms with Crippen LogP contribution in [0.3, 0.4) is 0 Å². The summed E-state index contributed by atoms with van der Waals surface area (Å²) in [7, 11) is 6.97. The van der Waals surface area contributed by atoms with Gasteiger partial charge < -0.3 is 63.2 Å². The average Bonchev–Trinajstić information content (AvgIpc) is 1.02. The molecule has 776 valence electrons. The Hall–Kier alpha value is -8.68. The summed E-state index contributed by atoms with van der Waals surface area (Å²) in [6, 6.07) is 73.6. The summed E-state index contributed by atoms with van der Waals surface area (Å²) in [6.45, 7) is 33.7. The number of carbonyl (C=O) groups excluding carboxylic acids is 4. The van der Waals surface area contributed by atoms with Crippen LogP contribution >= 0.6 is 0 Å². The molecule has 0 unspecified atom stereocenters. The SMILES string of the molecule is CNC(=O)CC1(c2ccc(C)cc2)CCC1.CNC(=O)CNCCC1(c2ccc(C)cc2)CCC1.Cc1ccc(C2(CCN3CCCC3)CCC2)cc1.Cc1ccc(C2(CCNC(C)C)CCC2)cc1.Cc1ccc(C2(CCNC3CC3)CCC2)cc1.Cc1ccc(C2(CCNCC(=O)N(C)C)CCC2)cc1.Cc1ccc(C2(CCNCC(N)=O)CCC2)cc1.Cc1ccc(C2(CCNCCO)CCC2)cc1. The number of nitrogens with two attached hydrogens (primary N) is 1. The second-order valence-electron chi connectivity index (χ2n) is 45.4. The number of likely N-dealkylation sites (tertiary alicyclic amines) is 1. The molecule has 0 aromatic heterocycles. The quantitative estimate of drug-likeness (QED) is 0.0162. The van der Waals surface area contributed by atoms with Crippen molar-refractivity contribution in [2.45, 2.75) is 356 Å². The molecule has 4 amide bonds. The summed E-state index contributed by atoms with van der Waals surface area (Å²) in [5.41, 5.74) is 30.8. The lowest BCUT2D eigenvalue weighted by molar-refractivity contribution is -0.127. The molecule has 9 saturated carbocycles. The van der Waals surface area contributed by atoms with E-state index in [1.54, 1.807) is 49.8 Å². The van der Waals surface area contributed by atoms with E-state index < -0.39 is 0 Å². The van der Waals surface area contributed by atoms with E-state index in [2.05, 4.69) is 311 Å². The van der Waals surface area contributed by atoms with Gasteiger partial charge in [-0.25, -0.2) is 0 Å². The molecular formula is C126H187N11O5. The molecule has 1 aliphatic heterocycles. The molecule has 18 rings (SSSR count). The van der Waals surface area contributed by atoms with Gasteiger partial charge >= 0.3 is 0 Å². The molecule has 142 heavy (non-hydrogen) atoms. The van der Waals surface area contributed by atoms with Crippen LogP contribution in [0.25, 0.3) is 0 Å². The zero-order chi connectivity index (χ0) is 101. The predicted molar refractivity (Wildman–Crippen MR) is 595 cm³/mol. The maximum atomic E-state index is 11.5. The molecule has 8 aromatic rings. The third kappa shape index (κ3) is 33.7. The van der Waals surface area contributed by atoms with E-state index in [4.69, 9.17) is 10.8 Å². The summed E-state index contributed by atoms with van der Waals surface area (Å²) in [5.74, 6) is 0.0641. The standard InChI is InChI=1S/C17H26N2O.C17H25N.C16H24N2O.C16H23N.C16H25N.C15H22N2O.C15H23NO.C14H19NO/c1-14-5-7-15(8-6-14)17(9-4-10-17)11-12-18-13-16(20)19(2)3;1-15-5-7-16(8-6-15)17(9-4-10-17)11-14-18-12-2-3-13-18;1-13-4-6-14(7-5-13)16(8-3-9-16)10-11-18-12-15(19)17-2;1-13-3-5-14(6-4-13)16(9-2-10-16)11-12-17-15-7-8-15;1-13(2)17-12-11-16(9-4-10-16)15-7-5-14(3)6-8-15;1-12-3-5-13(6-4-12)15(7-2-8-15)9-10-17-11-14(16)18;1-13-3-5-14(6-4-13)15(7-2-8-15)9-10-16-11-12-17;1-11-4-6-12(7-5-11)14(8-3-9-14)10-13(16)15-2/h5-8,18H,4,9-13H2,1-3H3;5-8H,2-4,9-14H2,1H3;4-7,18H,3,8-12H2,1-2H3,(H,17,19);3-6,15,17H,2,7-12H2,1H3;5-8,13,17H,4,9-12H2,1-3H3;3-6,17H,2,7-11H2,1H3,(H2,16,18);3-6,16-17H,2,7-12H2,1H3;4-7H,3,8-10H2,1-2H3,(H,15,16). The summed E-state index contributed by atoms with van der Waals surface area (Å²) >= 11 is 0. The van der Waals surface area contributed by atoms with Crippen molar-refractivity contribution in [3.8, 4) is 0 Å². The van der Waals surface area contributed by atoms with Crippen molar-refractivity contribution >= 4 is 23.6 Å². The van der Waals surface area contributed by atoms with Gasteiger partial charge in [-0.1, -0.05) is 304 Å². The van der Waals surface area contributed by atoms with Crippen LogP contribution in [0.5, 0.6) is 0 Å². The van der Waals surface area contributed by atoms with Crippen LogP contribution in [-0.2, 0) is 62.5 Å². The molecule has 0 bridgehead atoms. The van der Waals surface area contributed by atoms with Gasteiger partial charge in [-0.15, -0.1) is 0 Å². The number of hydrogen-bond acceptors (Lipinski definition) is 12. The molecule has 9 aliphatic carbocycles. The average molecular weight is 1940 g/mol. The Morgan fingerprint density at radius 2 is 0.585 bits per heavy atom. The molecule has 1 heterocycles. The number of aliphatic hydroxyl groups is 1. The maximum Gasteiger partial charge on any atom is 0.236 e. The Balaban J connectivity index is 0.000000155. The van der Waals surface area contributed by atoms with Gasteiger partial charge in [0.2, 0.25) is 23.6 Å². The van der Waals surface area contributed by atoms with E-state index in [0.29, 0.717) is 70.0 Å². The minimum absolute atomic E-state index is 0.0537. The number of carbonyl (C=O) groups is 4. The van der Waals surface area contributed by atoms with Crippen molar-refractivity contribution in [1.29, 1.82) is 0 Å². The van der Waals surface area contributed by atoms with E-state index in [1.807, 2.05) is 0 Å². The van der Waals surface area contributed by atoms with Gasteiger partial charge in [0.05, 0.1) is 26.2 Å². The summed E-state index contributed by atoms with van der Waals surface area (Å²) in [6.07, 6.45) is 46.4. The molecule has 8 aromatic carbocycles. The topological polar surface area (TPSA) is 217 Å². The summed E-state index contributed by atoms with van der Waals surface area (Å²) < 4.78 is 0. The van der Waals surface area contributed by atoms with Crippen molar-refractivity contribution in [1.82, 2.24) is 52.3 Å². The smallest absolute Gasteiger partial charge is 0.236 e. The molecule has 16 nitrogen and oxygen atoms in total. The highest BCUT2D eigenvalue weighted by Crippen LogP contribution is 2.53. The number of amides is 4. The Labute approximate surface area is 859 Å². The lowest BCUT2D eigenvalue weighted by Gasteiger charge is -2.43. The lowest BCUT2D eigenvalue weighted by atomic mass is 9.62. The van der Waals surface area contributed by atoms with Crippen LogP contribution in [0.4, 0.5) is 0 Å². The first-order valence-corrected chi connectivity index (χ1v) is 55.5. The molecule has 0 radical (unpaired) electrons. The van der Waals surface area contributed by atoms with Gasteiger partial charge in [0, 0.05) is 58.7 Å². The second-order valence-corrected chi connectivity index (χ2v) is 45.4. The highest BCUT2D eigenvalue weighted by atomic mass is 16.3. The Morgan fingerprint density at radius 1 is 0.331 bits per heavy atom. The molecular weight excluding hydrogens is 1750 g/mol. The fraction of sp³-hybridized carbons (Fsp3) is 0.587. The first kappa shape index (κ1) is 114. The molecule has 11 N–H and O–H groups in total. The predicted octanol–water partition coefficient (Wildman–Crippen LogP) is 22.7. The van der Waals surface area contributed by atoms with Crippen molar-refractivity contribution < 1.29 is 24.3 Å². The van der Waals surface area contributed by atoms with Crippen LogP contribution in [0.2, 0.25) is 0 Å². The van der Waals surface area contributed by atoms with Gasteiger partial charge in [0.1, 0.15) is 0 Å². The van der Waals surface area contributed by atoms with Gasteiger partial charge in [0.15, 0.2) is 0 Å². The lowest BCUT2D eigenvalue weighted by Crippen LogP contribution is -2.39. The monoisotopic (exact) mass is 1930 g/mol. The number of hydrogen-bond donors (Lipinski definition) is 10. The van der Waals surface area contributed by atoms with Gasteiger partial charge in [0.25, 0.3) is 0 Å².